The molecule has 0 aliphatic rings. The Bertz CT molecular complexity index is 292. The summed E-state index contributed by atoms with van der Waals surface area (Å²) in [6.45, 7) is 11.4. The first kappa shape index (κ1) is 18.7. The smallest absolute Gasteiger partial charge is 0.345 e. The fourth-order valence-electron chi connectivity index (χ4n) is 1.87. The number of carbonyl (C=O) groups excluding carboxylic acids is 2. The standard InChI is InChI=1S/C16H28O4/c1-6-10-13(8-3)19-15(17)12(5)16(18)20-14(9-4)11-7-2/h13-14H,5-11H2,1-4H3. The Balaban J connectivity index is 4.41. The van der Waals surface area contributed by atoms with Crippen LogP contribution in [0, 0.1) is 0 Å². The molecule has 0 radical (unpaired) electrons. The Kier molecular flexibility index (Phi) is 9.77. The number of carbonyl (C=O) groups is 2. The van der Waals surface area contributed by atoms with Crippen molar-refractivity contribution in [3.63, 3.8) is 0 Å². The van der Waals surface area contributed by atoms with Gasteiger partial charge in [0, 0.05) is 0 Å². The molecule has 0 fully saturated rings. The third kappa shape index (κ3) is 6.73. The molecular formula is C16H28O4. The van der Waals surface area contributed by atoms with Crippen LogP contribution in [0.5, 0.6) is 0 Å². The molecule has 0 aromatic carbocycles. The summed E-state index contributed by atoms with van der Waals surface area (Å²) in [6.07, 6.45) is 4.58. The van der Waals surface area contributed by atoms with E-state index >= 15 is 0 Å². The van der Waals surface area contributed by atoms with E-state index in [0.717, 1.165) is 38.5 Å². The number of hydrogen-bond donors (Lipinski definition) is 0. The predicted octanol–water partition coefficient (Wildman–Crippen LogP) is 3.79. The van der Waals surface area contributed by atoms with E-state index < -0.39 is 11.9 Å². The minimum Gasteiger partial charge on any atom is -0.459 e. The Morgan fingerprint density at radius 1 is 0.850 bits per heavy atom. The average Bonchev–Trinajstić information content (AvgIpc) is 2.44. The van der Waals surface area contributed by atoms with E-state index in [1.54, 1.807) is 0 Å². The summed E-state index contributed by atoms with van der Waals surface area (Å²) in [4.78, 5) is 23.7. The molecule has 0 bridgehead atoms. The van der Waals surface area contributed by atoms with Crippen LogP contribution in [0.1, 0.15) is 66.2 Å². The van der Waals surface area contributed by atoms with Crippen molar-refractivity contribution in [1.29, 1.82) is 0 Å². The second-order valence-electron chi connectivity index (χ2n) is 4.93. The highest BCUT2D eigenvalue weighted by Crippen LogP contribution is 2.13. The van der Waals surface area contributed by atoms with Gasteiger partial charge >= 0.3 is 11.9 Å². The van der Waals surface area contributed by atoms with Crippen LogP contribution in [-0.4, -0.2) is 24.1 Å². The summed E-state index contributed by atoms with van der Waals surface area (Å²) >= 11 is 0. The van der Waals surface area contributed by atoms with Gasteiger partial charge in [-0.25, -0.2) is 9.59 Å². The van der Waals surface area contributed by atoms with Crippen molar-refractivity contribution in [1.82, 2.24) is 0 Å². The number of esters is 2. The van der Waals surface area contributed by atoms with Gasteiger partial charge < -0.3 is 9.47 Å². The van der Waals surface area contributed by atoms with Crippen LogP contribution in [-0.2, 0) is 19.1 Å². The molecule has 0 saturated carbocycles. The summed E-state index contributed by atoms with van der Waals surface area (Å²) in [5, 5.41) is 0. The molecule has 0 aliphatic heterocycles. The molecule has 0 aliphatic carbocycles. The molecule has 0 rings (SSSR count). The van der Waals surface area contributed by atoms with E-state index in [1.165, 1.54) is 0 Å². The van der Waals surface area contributed by atoms with Crippen molar-refractivity contribution in [3.8, 4) is 0 Å². The minimum atomic E-state index is -0.665. The molecule has 0 amide bonds. The highest BCUT2D eigenvalue weighted by atomic mass is 16.6. The Labute approximate surface area is 122 Å². The van der Waals surface area contributed by atoms with E-state index in [1.807, 2.05) is 27.7 Å². The van der Waals surface area contributed by atoms with Gasteiger partial charge in [-0.1, -0.05) is 47.1 Å². The van der Waals surface area contributed by atoms with Gasteiger partial charge in [0.15, 0.2) is 0 Å². The first-order valence-corrected chi connectivity index (χ1v) is 7.60. The second kappa shape index (κ2) is 10.5. The van der Waals surface area contributed by atoms with Gasteiger partial charge in [0.05, 0.1) is 0 Å². The topological polar surface area (TPSA) is 52.6 Å². The Morgan fingerprint density at radius 2 is 1.20 bits per heavy atom. The molecule has 116 valence electrons. The molecule has 20 heavy (non-hydrogen) atoms. The van der Waals surface area contributed by atoms with Gasteiger partial charge in [0.25, 0.3) is 0 Å². The quantitative estimate of drug-likeness (QED) is 0.265. The van der Waals surface area contributed by atoms with Gasteiger partial charge in [-0.3, -0.25) is 0 Å². The zero-order valence-electron chi connectivity index (χ0n) is 13.2. The SMILES string of the molecule is C=C(C(=O)OC(CC)CCC)C(=O)OC(CC)CCC. The highest BCUT2D eigenvalue weighted by molar-refractivity contribution is 6.13. The van der Waals surface area contributed by atoms with Crippen LogP contribution in [0.25, 0.3) is 0 Å². The molecule has 4 heteroatoms. The largest absolute Gasteiger partial charge is 0.459 e. The molecule has 0 aromatic heterocycles. The number of rotatable bonds is 10. The third-order valence-corrected chi connectivity index (χ3v) is 3.17. The molecule has 0 N–H and O–H groups in total. The summed E-state index contributed by atoms with van der Waals surface area (Å²) < 4.78 is 10.5. The molecule has 0 spiro atoms. The maximum atomic E-state index is 11.8. The highest BCUT2D eigenvalue weighted by Gasteiger charge is 2.23. The van der Waals surface area contributed by atoms with Gasteiger partial charge in [-0.2, -0.15) is 0 Å². The lowest BCUT2D eigenvalue weighted by Gasteiger charge is -2.18. The maximum Gasteiger partial charge on any atom is 0.345 e. The maximum absolute atomic E-state index is 11.8. The van der Waals surface area contributed by atoms with Crippen LogP contribution >= 0.6 is 0 Å². The molecule has 2 unspecified atom stereocenters. The monoisotopic (exact) mass is 284 g/mol. The van der Waals surface area contributed by atoms with Crippen molar-refractivity contribution < 1.29 is 19.1 Å². The Hall–Kier alpha value is -1.32. The zero-order chi connectivity index (χ0) is 15.5. The van der Waals surface area contributed by atoms with Gasteiger partial charge in [0.1, 0.15) is 17.8 Å². The van der Waals surface area contributed by atoms with E-state index in [4.69, 9.17) is 9.47 Å². The van der Waals surface area contributed by atoms with Crippen LogP contribution in [0.2, 0.25) is 0 Å². The first-order valence-electron chi connectivity index (χ1n) is 7.60. The summed E-state index contributed by atoms with van der Waals surface area (Å²) in [6, 6.07) is 0. The minimum absolute atomic E-state index is 0.158. The summed E-state index contributed by atoms with van der Waals surface area (Å²) in [7, 11) is 0. The van der Waals surface area contributed by atoms with Crippen LogP contribution in [0.4, 0.5) is 0 Å². The molecule has 0 heterocycles. The number of hydrogen-bond acceptors (Lipinski definition) is 4. The van der Waals surface area contributed by atoms with Crippen LogP contribution < -0.4 is 0 Å². The van der Waals surface area contributed by atoms with E-state index in [2.05, 4.69) is 6.58 Å². The fourth-order valence-corrected chi connectivity index (χ4v) is 1.87. The molecule has 2 atom stereocenters. The number of ether oxygens (including phenoxy) is 2. The van der Waals surface area contributed by atoms with Gasteiger partial charge in [0.2, 0.25) is 0 Å². The first-order chi connectivity index (χ1) is 9.49. The lowest BCUT2D eigenvalue weighted by Crippen LogP contribution is -2.25. The zero-order valence-corrected chi connectivity index (χ0v) is 13.2. The average molecular weight is 284 g/mol. The molecule has 0 aromatic rings. The summed E-state index contributed by atoms with van der Waals surface area (Å²) in [5.74, 6) is -1.33. The van der Waals surface area contributed by atoms with E-state index in [-0.39, 0.29) is 17.8 Å². The molecular weight excluding hydrogens is 256 g/mol. The molecule has 4 nitrogen and oxygen atoms in total. The second-order valence-corrected chi connectivity index (χ2v) is 4.93. The Morgan fingerprint density at radius 3 is 1.45 bits per heavy atom. The van der Waals surface area contributed by atoms with Crippen molar-refractivity contribution >= 4 is 11.9 Å². The lowest BCUT2D eigenvalue weighted by atomic mass is 10.1. The van der Waals surface area contributed by atoms with Crippen molar-refractivity contribution in [3.05, 3.63) is 12.2 Å². The third-order valence-electron chi connectivity index (χ3n) is 3.17. The van der Waals surface area contributed by atoms with E-state index in [0.29, 0.717) is 0 Å². The van der Waals surface area contributed by atoms with Gasteiger partial charge in [-0.15, -0.1) is 0 Å². The lowest BCUT2D eigenvalue weighted by molar-refractivity contribution is -0.153. The van der Waals surface area contributed by atoms with Crippen LogP contribution in [0.15, 0.2) is 12.2 Å². The van der Waals surface area contributed by atoms with Crippen LogP contribution in [0.3, 0.4) is 0 Å². The van der Waals surface area contributed by atoms with Crippen molar-refractivity contribution in [2.45, 2.75) is 78.4 Å². The van der Waals surface area contributed by atoms with Gasteiger partial charge in [-0.05, 0) is 25.7 Å². The van der Waals surface area contributed by atoms with Crippen molar-refractivity contribution in [2.75, 3.05) is 0 Å². The summed E-state index contributed by atoms with van der Waals surface area (Å²) in [5.41, 5.74) is -0.214. The van der Waals surface area contributed by atoms with E-state index in [9.17, 15) is 9.59 Å². The normalized spacial score (nSPS) is 13.4. The van der Waals surface area contributed by atoms with Crippen molar-refractivity contribution in [2.24, 2.45) is 0 Å². The predicted molar refractivity (Wildman–Crippen MR) is 79.3 cm³/mol. The fraction of sp³-hybridized carbons (Fsp3) is 0.750. The molecule has 0 saturated heterocycles.